The molecule has 0 N–H and O–H groups in total. The van der Waals surface area contributed by atoms with Crippen molar-refractivity contribution in [1.82, 2.24) is 0 Å². The van der Waals surface area contributed by atoms with Gasteiger partial charge in [0.2, 0.25) is 0 Å². The Hall–Kier alpha value is -3.32. The Kier molecular flexibility index (Phi) is 7.70. The maximum Gasteiger partial charge on any atom is 0.0465 e. The Morgan fingerprint density at radius 3 is 1.37 bits per heavy atom. The van der Waals surface area contributed by atoms with E-state index in [1.165, 1.54) is 56.0 Å². The van der Waals surface area contributed by atoms with Gasteiger partial charge >= 0.3 is 0 Å². The van der Waals surface area contributed by atoms with Gasteiger partial charge in [-0.1, -0.05) is 109 Å². The minimum Gasteiger partial charge on any atom is -0.310 e. The second-order valence-corrected chi connectivity index (χ2v) is 13.4. The minimum atomic E-state index is -0.0415. The molecule has 1 heteroatoms. The van der Waals surface area contributed by atoms with Crippen LogP contribution in [-0.2, 0) is 16.2 Å². The third-order valence-electron chi connectivity index (χ3n) is 10.8. The summed E-state index contributed by atoms with van der Waals surface area (Å²) in [6.07, 6.45) is 4.56. The van der Waals surface area contributed by atoms with Crippen molar-refractivity contribution in [3.8, 4) is 11.1 Å². The first kappa shape index (κ1) is 29.2. The van der Waals surface area contributed by atoms with Crippen molar-refractivity contribution in [3.05, 3.63) is 113 Å². The second-order valence-electron chi connectivity index (χ2n) is 13.4. The van der Waals surface area contributed by atoms with E-state index in [1.54, 1.807) is 0 Å². The van der Waals surface area contributed by atoms with Crippen LogP contribution in [0.5, 0.6) is 0 Å². The number of hydrogen-bond acceptors (Lipinski definition) is 1. The van der Waals surface area contributed by atoms with E-state index in [0.717, 1.165) is 25.7 Å². The van der Waals surface area contributed by atoms with Crippen molar-refractivity contribution in [1.29, 1.82) is 0 Å². The van der Waals surface area contributed by atoms with Gasteiger partial charge in [-0.2, -0.15) is 0 Å². The van der Waals surface area contributed by atoms with Crippen LogP contribution in [-0.4, -0.2) is 0 Å². The van der Waals surface area contributed by atoms with Crippen LogP contribution in [0.1, 0.15) is 109 Å². The van der Waals surface area contributed by atoms with Crippen molar-refractivity contribution in [3.63, 3.8) is 0 Å². The zero-order valence-corrected chi connectivity index (χ0v) is 26.9. The quantitative estimate of drug-likeness (QED) is 0.203. The first-order chi connectivity index (χ1) is 19.5. The van der Waals surface area contributed by atoms with Gasteiger partial charge in [-0.25, -0.2) is 0 Å². The SMILES string of the molecule is CCC(C)(CC)c1ccc(N(c2ccc(C(C)(CC)CC)cc2)c2ccc3c(c2)C(C)(C)c2cc(C)ccc2-3)cc1. The van der Waals surface area contributed by atoms with Crippen molar-refractivity contribution < 1.29 is 0 Å². The molecular formula is C40H49N. The number of hydrogen-bond donors (Lipinski definition) is 0. The summed E-state index contributed by atoms with van der Waals surface area (Å²) in [4.78, 5) is 2.45. The highest BCUT2D eigenvalue weighted by molar-refractivity contribution is 5.85. The molecular weight excluding hydrogens is 494 g/mol. The summed E-state index contributed by atoms with van der Waals surface area (Å²) in [7, 11) is 0. The molecule has 0 atom stereocenters. The molecule has 4 aromatic rings. The monoisotopic (exact) mass is 543 g/mol. The fourth-order valence-corrected chi connectivity index (χ4v) is 6.77. The van der Waals surface area contributed by atoms with Crippen molar-refractivity contribution >= 4 is 17.1 Å². The van der Waals surface area contributed by atoms with E-state index in [2.05, 4.69) is 152 Å². The molecule has 0 heterocycles. The Labute approximate surface area is 249 Å². The minimum absolute atomic E-state index is 0.0415. The summed E-state index contributed by atoms with van der Waals surface area (Å²) in [6, 6.07) is 32.7. The van der Waals surface area contributed by atoms with E-state index in [4.69, 9.17) is 0 Å². The van der Waals surface area contributed by atoms with E-state index in [9.17, 15) is 0 Å². The smallest absolute Gasteiger partial charge is 0.0465 e. The molecule has 0 aromatic heterocycles. The van der Waals surface area contributed by atoms with Gasteiger partial charge in [0.1, 0.15) is 0 Å². The molecule has 1 nitrogen and oxygen atoms in total. The van der Waals surface area contributed by atoms with Crippen LogP contribution in [0.3, 0.4) is 0 Å². The lowest BCUT2D eigenvalue weighted by molar-refractivity contribution is 0.439. The Morgan fingerprint density at radius 2 is 0.927 bits per heavy atom. The third-order valence-corrected chi connectivity index (χ3v) is 10.8. The second kappa shape index (κ2) is 10.8. The summed E-state index contributed by atoms with van der Waals surface area (Å²) in [5.41, 5.74) is 13.7. The fraction of sp³-hybridized carbons (Fsp3) is 0.400. The maximum atomic E-state index is 2.45. The molecule has 0 bridgehead atoms. The molecule has 1 aliphatic carbocycles. The highest BCUT2D eigenvalue weighted by atomic mass is 15.1. The lowest BCUT2D eigenvalue weighted by Crippen LogP contribution is -2.20. The van der Waals surface area contributed by atoms with Crippen LogP contribution >= 0.6 is 0 Å². The fourth-order valence-electron chi connectivity index (χ4n) is 6.77. The molecule has 1 aliphatic rings. The van der Waals surface area contributed by atoms with Gasteiger partial charge in [-0.15, -0.1) is 0 Å². The molecule has 0 fully saturated rings. The van der Waals surface area contributed by atoms with E-state index in [0.29, 0.717) is 0 Å². The first-order valence-corrected chi connectivity index (χ1v) is 15.8. The summed E-state index contributed by atoms with van der Waals surface area (Å²) in [6.45, 7) is 20.9. The predicted octanol–water partition coefficient (Wildman–Crippen LogP) is 11.9. The summed E-state index contributed by atoms with van der Waals surface area (Å²) in [5.74, 6) is 0. The van der Waals surface area contributed by atoms with Crippen molar-refractivity contribution in [2.75, 3.05) is 4.90 Å². The Balaban J connectivity index is 1.64. The highest BCUT2D eigenvalue weighted by Crippen LogP contribution is 2.51. The summed E-state index contributed by atoms with van der Waals surface area (Å²) >= 11 is 0. The van der Waals surface area contributed by atoms with Gasteiger partial charge in [-0.05, 0) is 113 Å². The number of rotatable bonds is 9. The first-order valence-electron chi connectivity index (χ1n) is 15.8. The average molecular weight is 544 g/mol. The van der Waals surface area contributed by atoms with Gasteiger partial charge in [0.25, 0.3) is 0 Å². The number of nitrogens with zero attached hydrogens (tertiary/aromatic N) is 1. The van der Waals surface area contributed by atoms with Crippen LogP contribution in [0.15, 0.2) is 84.9 Å². The van der Waals surface area contributed by atoms with Crippen LogP contribution < -0.4 is 4.90 Å². The van der Waals surface area contributed by atoms with Gasteiger partial charge in [0, 0.05) is 22.5 Å². The number of aryl methyl sites for hydroxylation is 1. The zero-order valence-electron chi connectivity index (χ0n) is 26.9. The van der Waals surface area contributed by atoms with Crippen LogP contribution in [0.2, 0.25) is 0 Å². The number of anilines is 3. The number of fused-ring (bicyclic) bond motifs is 3. The normalized spacial score (nSPS) is 14.1. The lowest BCUT2D eigenvalue weighted by Gasteiger charge is -2.31. The van der Waals surface area contributed by atoms with E-state index in [1.807, 2.05) is 0 Å². The summed E-state index contributed by atoms with van der Waals surface area (Å²) < 4.78 is 0. The topological polar surface area (TPSA) is 3.24 Å². The molecule has 0 saturated carbocycles. The molecule has 41 heavy (non-hydrogen) atoms. The Bertz CT molecular complexity index is 1450. The van der Waals surface area contributed by atoms with Crippen LogP contribution in [0, 0.1) is 6.92 Å². The zero-order chi connectivity index (χ0) is 29.6. The standard InChI is InChI=1S/C40H49N/c1-10-39(8,11-2)29-15-19-31(20-16-29)41(32-21-17-30(18-22-32)40(9,12-3)13-4)33-23-25-35-34-24-14-28(5)26-36(34)38(6,7)37(35)27-33/h14-27H,10-13H2,1-9H3. The van der Waals surface area contributed by atoms with Gasteiger partial charge in [0.15, 0.2) is 0 Å². The molecule has 214 valence electrons. The average Bonchev–Trinajstić information content (AvgIpc) is 3.22. The molecule has 5 rings (SSSR count). The molecule has 0 unspecified atom stereocenters. The van der Waals surface area contributed by atoms with E-state index < -0.39 is 0 Å². The van der Waals surface area contributed by atoms with E-state index >= 15 is 0 Å². The van der Waals surface area contributed by atoms with E-state index in [-0.39, 0.29) is 16.2 Å². The largest absolute Gasteiger partial charge is 0.310 e. The van der Waals surface area contributed by atoms with Crippen LogP contribution in [0.4, 0.5) is 17.1 Å². The highest BCUT2D eigenvalue weighted by Gasteiger charge is 2.36. The number of benzene rings is 4. The van der Waals surface area contributed by atoms with Gasteiger partial charge in [-0.3, -0.25) is 0 Å². The van der Waals surface area contributed by atoms with Gasteiger partial charge in [0.05, 0.1) is 0 Å². The molecule has 0 spiro atoms. The molecule has 0 amide bonds. The molecule has 0 saturated heterocycles. The Morgan fingerprint density at radius 1 is 0.537 bits per heavy atom. The van der Waals surface area contributed by atoms with Gasteiger partial charge < -0.3 is 4.90 Å². The molecule has 0 radical (unpaired) electrons. The summed E-state index contributed by atoms with van der Waals surface area (Å²) in [5, 5.41) is 0. The lowest BCUT2D eigenvalue weighted by atomic mass is 9.77. The molecule has 0 aliphatic heterocycles. The maximum absolute atomic E-state index is 2.45. The third kappa shape index (κ3) is 4.92. The predicted molar refractivity (Wildman–Crippen MR) is 179 cm³/mol. The van der Waals surface area contributed by atoms with Crippen molar-refractivity contribution in [2.24, 2.45) is 0 Å². The van der Waals surface area contributed by atoms with Crippen molar-refractivity contribution in [2.45, 2.75) is 104 Å². The molecule has 4 aromatic carbocycles. The van der Waals surface area contributed by atoms with Crippen LogP contribution in [0.25, 0.3) is 11.1 Å².